The molecule has 2 N–H and O–H groups in total. The number of anilines is 1. The van der Waals surface area contributed by atoms with Crippen LogP contribution in [0, 0.1) is 11.6 Å². The molecular weight excluding hydrogens is 472 g/mol. The van der Waals surface area contributed by atoms with Crippen molar-refractivity contribution in [3.63, 3.8) is 0 Å². The summed E-state index contributed by atoms with van der Waals surface area (Å²) in [6.07, 6.45) is 3.31. The van der Waals surface area contributed by atoms with Gasteiger partial charge in [-0.1, -0.05) is 19.6 Å². The monoisotopic (exact) mass is 505 g/mol. The Hall–Kier alpha value is -3.02. The Labute approximate surface area is 205 Å². The number of carbonyl (C=O) groups is 1. The van der Waals surface area contributed by atoms with E-state index in [9.17, 15) is 13.6 Å². The van der Waals surface area contributed by atoms with Gasteiger partial charge in [-0.2, -0.15) is 0 Å². The topological polar surface area (TPSA) is 80.7 Å². The van der Waals surface area contributed by atoms with Gasteiger partial charge >= 0.3 is 6.03 Å². The fourth-order valence-electron chi connectivity index (χ4n) is 3.21. The Morgan fingerprint density at radius 2 is 1.89 bits per heavy atom. The molecule has 2 aromatic heterocycles. The zero-order chi connectivity index (χ0) is 25.6. The highest BCUT2D eigenvalue weighted by Gasteiger charge is 2.18. The molecule has 0 aliphatic heterocycles. The van der Waals surface area contributed by atoms with Crippen LogP contribution in [-0.2, 0) is 11.5 Å². The van der Waals surface area contributed by atoms with Crippen LogP contribution < -0.4 is 15.4 Å². The van der Waals surface area contributed by atoms with Crippen LogP contribution in [0.5, 0.6) is 11.5 Å². The number of halogens is 2. The number of aromatic nitrogens is 2. The number of amides is 2. The molecule has 0 fully saturated rings. The number of nitrogens with zero attached hydrogens (tertiary/aromatic N) is 3. The molecule has 0 saturated carbocycles. The van der Waals surface area contributed by atoms with E-state index in [1.807, 2.05) is 23.6 Å². The molecule has 190 valence electrons. The molecule has 0 aliphatic rings. The molecule has 1 aromatic carbocycles. The lowest BCUT2D eigenvalue weighted by Gasteiger charge is -2.15. The smallest absolute Gasteiger partial charge is 0.319 e. The van der Waals surface area contributed by atoms with Crippen molar-refractivity contribution in [3.8, 4) is 11.5 Å². The summed E-state index contributed by atoms with van der Waals surface area (Å²) < 4.78 is 42.7. The molecule has 0 spiro atoms. The molecule has 8 nitrogen and oxygen atoms in total. The first-order valence-electron chi connectivity index (χ1n) is 11.4. The lowest BCUT2D eigenvalue weighted by Crippen LogP contribution is -2.34. The van der Waals surface area contributed by atoms with E-state index in [2.05, 4.69) is 35.3 Å². The van der Waals surface area contributed by atoms with Crippen molar-refractivity contribution in [2.75, 3.05) is 39.1 Å². The molecule has 0 saturated heterocycles. The summed E-state index contributed by atoms with van der Waals surface area (Å²) in [6.45, 7) is 8.87. The minimum absolute atomic E-state index is 0.0174. The minimum Gasteiger partial charge on any atom is -0.450 e. The summed E-state index contributed by atoms with van der Waals surface area (Å²) in [5.41, 5.74) is 0.570. The average Bonchev–Trinajstić information content (AvgIpc) is 3.17. The number of ether oxygens (including phenoxy) is 2. The van der Waals surface area contributed by atoms with E-state index in [4.69, 9.17) is 9.47 Å². The summed E-state index contributed by atoms with van der Waals surface area (Å²) >= 11 is 0. The number of pyridine rings is 1. The van der Waals surface area contributed by atoms with E-state index in [0.717, 1.165) is 18.2 Å². The largest absolute Gasteiger partial charge is 0.450 e. The number of likely N-dealkylation sites (N-methyl/N-ethyl adjacent to an activating group) is 1. The van der Waals surface area contributed by atoms with Gasteiger partial charge < -0.3 is 29.6 Å². The maximum absolute atomic E-state index is 14.7. The Kier molecular flexibility index (Phi) is 8.81. The second-order valence-corrected chi connectivity index (χ2v) is 15.4. The zero-order valence-corrected chi connectivity index (χ0v) is 21.8. The van der Waals surface area contributed by atoms with Crippen LogP contribution in [0.4, 0.5) is 19.3 Å². The maximum atomic E-state index is 14.7. The zero-order valence-electron chi connectivity index (χ0n) is 20.8. The number of benzene rings is 1. The van der Waals surface area contributed by atoms with Crippen LogP contribution >= 0.6 is 0 Å². The van der Waals surface area contributed by atoms with Gasteiger partial charge in [0.1, 0.15) is 18.1 Å². The van der Waals surface area contributed by atoms with Crippen LogP contribution in [0.25, 0.3) is 11.0 Å². The minimum atomic E-state index is -1.19. The van der Waals surface area contributed by atoms with Crippen LogP contribution in [0.15, 0.2) is 36.7 Å². The van der Waals surface area contributed by atoms with Crippen molar-refractivity contribution < 1.29 is 23.0 Å². The molecule has 3 rings (SSSR count). The first-order valence-corrected chi connectivity index (χ1v) is 15.1. The first kappa shape index (κ1) is 26.6. The normalized spacial score (nSPS) is 11.8. The van der Waals surface area contributed by atoms with E-state index >= 15 is 0 Å². The molecular formula is C24H33F2N5O3Si. The lowest BCUT2D eigenvalue weighted by molar-refractivity contribution is 0.0899. The maximum Gasteiger partial charge on any atom is 0.319 e. The van der Waals surface area contributed by atoms with Gasteiger partial charge in [0.05, 0.1) is 5.39 Å². The van der Waals surface area contributed by atoms with Crippen molar-refractivity contribution in [2.24, 2.45) is 0 Å². The molecule has 0 aliphatic carbocycles. The number of nitrogens with one attached hydrogen (secondary N) is 2. The van der Waals surface area contributed by atoms with Gasteiger partial charge in [-0.15, -0.1) is 0 Å². The molecule has 0 unspecified atom stereocenters. The molecule has 0 bridgehead atoms. The highest BCUT2D eigenvalue weighted by atomic mass is 28.3. The fourth-order valence-corrected chi connectivity index (χ4v) is 3.96. The summed E-state index contributed by atoms with van der Waals surface area (Å²) in [5.74, 6) is -2.17. The lowest BCUT2D eigenvalue weighted by atomic mass is 10.2. The Morgan fingerprint density at radius 3 is 2.54 bits per heavy atom. The van der Waals surface area contributed by atoms with Crippen molar-refractivity contribution in [3.05, 3.63) is 48.3 Å². The van der Waals surface area contributed by atoms with Gasteiger partial charge in [-0.05, 0) is 32.3 Å². The molecule has 11 heteroatoms. The number of carbonyl (C=O) groups excluding carboxylic acids is 1. The van der Waals surface area contributed by atoms with E-state index in [1.165, 1.54) is 6.20 Å². The van der Waals surface area contributed by atoms with Gasteiger partial charge in [0.2, 0.25) is 0 Å². The fraction of sp³-hybridized carbons (Fsp3) is 0.417. The molecule has 2 heterocycles. The van der Waals surface area contributed by atoms with E-state index in [1.54, 1.807) is 18.3 Å². The van der Waals surface area contributed by atoms with Crippen LogP contribution in [0.2, 0.25) is 25.7 Å². The molecule has 0 atom stereocenters. The van der Waals surface area contributed by atoms with E-state index < -0.39 is 31.5 Å². The Balaban J connectivity index is 1.69. The van der Waals surface area contributed by atoms with Gasteiger partial charge in [0.15, 0.2) is 17.4 Å². The van der Waals surface area contributed by atoms with E-state index in [-0.39, 0.29) is 11.4 Å². The standard InChI is InChI=1S/C24H33F2N5O3Si/c1-30(2)11-9-28-24(32)29-17-14-19(25)22(20(26)15-17)34-21-6-8-27-23-18(21)7-10-31(23)16-33-12-13-35(3,4)5/h6-8,10,14-15H,9,11-13,16H2,1-5H3,(H2,28,29,32). The average molecular weight is 506 g/mol. The van der Waals surface area contributed by atoms with Gasteiger partial charge in [0.25, 0.3) is 0 Å². The highest BCUT2D eigenvalue weighted by molar-refractivity contribution is 6.76. The number of rotatable bonds is 11. The predicted octanol–water partition coefficient (Wildman–Crippen LogP) is 5.10. The number of fused-ring (bicyclic) bond motifs is 1. The summed E-state index contributed by atoms with van der Waals surface area (Å²) in [7, 11) is 2.56. The predicted molar refractivity (Wildman–Crippen MR) is 136 cm³/mol. The van der Waals surface area contributed by atoms with Crippen LogP contribution in [0.1, 0.15) is 0 Å². The molecule has 3 aromatic rings. The van der Waals surface area contributed by atoms with Gasteiger partial charge in [-0.25, -0.2) is 18.6 Å². The van der Waals surface area contributed by atoms with Crippen molar-refractivity contribution in [2.45, 2.75) is 32.4 Å². The third-order valence-electron chi connectivity index (χ3n) is 5.16. The molecule has 35 heavy (non-hydrogen) atoms. The first-order chi connectivity index (χ1) is 16.5. The van der Waals surface area contributed by atoms with Gasteiger partial charge in [-0.3, -0.25) is 0 Å². The second-order valence-electron chi connectivity index (χ2n) is 9.74. The van der Waals surface area contributed by atoms with Crippen LogP contribution in [0.3, 0.4) is 0 Å². The summed E-state index contributed by atoms with van der Waals surface area (Å²) in [5, 5.41) is 5.64. The number of hydrogen-bond donors (Lipinski definition) is 2. The third-order valence-corrected chi connectivity index (χ3v) is 6.87. The Morgan fingerprint density at radius 1 is 1.17 bits per heavy atom. The van der Waals surface area contributed by atoms with Gasteiger partial charge in [0, 0.05) is 58.0 Å². The summed E-state index contributed by atoms with van der Waals surface area (Å²) in [6, 6.07) is 5.84. The third kappa shape index (κ3) is 7.74. The van der Waals surface area contributed by atoms with Crippen molar-refractivity contribution in [1.82, 2.24) is 19.8 Å². The number of hydrogen-bond acceptors (Lipinski definition) is 5. The van der Waals surface area contributed by atoms with E-state index in [0.29, 0.717) is 37.5 Å². The van der Waals surface area contributed by atoms with Crippen LogP contribution in [-0.4, -0.2) is 62.3 Å². The number of urea groups is 1. The Bertz CT molecular complexity index is 1140. The highest BCUT2D eigenvalue weighted by Crippen LogP contribution is 2.34. The SMILES string of the molecule is CN(C)CCNC(=O)Nc1cc(F)c(Oc2ccnc3c2ccn3COCC[Si](C)(C)C)c(F)c1. The second kappa shape index (κ2) is 11.6. The quantitative estimate of drug-likeness (QED) is 0.280. The van der Waals surface area contributed by atoms with Crippen molar-refractivity contribution >= 4 is 30.8 Å². The molecule has 0 radical (unpaired) electrons. The van der Waals surface area contributed by atoms with Crippen molar-refractivity contribution in [1.29, 1.82) is 0 Å². The summed E-state index contributed by atoms with van der Waals surface area (Å²) in [4.78, 5) is 18.2. The molecule has 2 amide bonds.